The van der Waals surface area contributed by atoms with Crippen LogP contribution < -0.4 is 4.72 Å². The summed E-state index contributed by atoms with van der Waals surface area (Å²) in [5.74, 6) is 0. The van der Waals surface area contributed by atoms with Gasteiger partial charge in [-0.1, -0.05) is 33.1 Å². The number of aliphatic hydroxyl groups is 1. The first-order valence-electron chi connectivity index (χ1n) is 6.62. The molecular formula is C12H26N2O3S. The van der Waals surface area contributed by atoms with E-state index in [1.54, 1.807) is 7.05 Å². The minimum absolute atomic E-state index is 0.0390. The first-order chi connectivity index (χ1) is 8.28. The topological polar surface area (TPSA) is 69.6 Å². The van der Waals surface area contributed by atoms with Gasteiger partial charge in [0.1, 0.15) is 0 Å². The molecule has 0 atom stereocenters. The first-order valence-corrected chi connectivity index (χ1v) is 8.06. The highest BCUT2D eigenvalue weighted by Gasteiger charge is 2.29. The van der Waals surface area contributed by atoms with E-state index in [9.17, 15) is 8.42 Å². The second-order valence-electron chi connectivity index (χ2n) is 5.96. The highest BCUT2D eigenvalue weighted by atomic mass is 32.2. The van der Waals surface area contributed by atoms with E-state index in [-0.39, 0.29) is 19.2 Å². The standard InChI is InChI=1S/C12H26N2O3S/c1-12(2,10-15)9-13-18(16,17)14(3)11-7-5-4-6-8-11/h11,13,15H,4-10H2,1-3H3. The van der Waals surface area contributed by atoms with E-state index in [1.807, 2.05) is 13.8 Å². The molecule has 0 aromatic rings. The molecule has 18 heavy (non-hydrogen) atoms. The van der Waals surface area contributed by atoms with Crippen LogP contribution in [0.3, 0.4) is 0 Å². The summed E-state index contributed by atoms with van der Waals surface area (Å²) >= 11 is 0. The van der Waals surface area contributed by atoms with Crippen LogP contribution in [0.4, 0.5) is 0 Å². The van der Waals surface area contributed by atoms with Gasteiger partial charge in [-0.2, -0.15) is 12.7 Å². The average Bonchev–Trinajstić information content (AvgIpc) is 2.37. The summed E-state index contributed by atoms with van der Waals surface area (Å²) in [5.41, 5.74) is -0.430. The van der Waals surface area contributed by atoms with Gasteiger partial charge in [0.2, 0.25) is 0 Å². The van der Waals surface area contributed by atoms with Crippen molar-refractivity contribution >= 4 is 10.2 Å². The van der Waals surface area contributed by atoms with E-state index >= 15 is 0 Å². The van der Waals surface area contributed by atoms with Gasteiger partial charge in [0, 0.05) is 31.7 Å². The van der Waals surface area contributed by atoms with Gasteiger partial charge in [-0.25, -0.2) is 4.72 Å². The minimum Gasteiger partial charge on any atom is -0.396 e. The normalized spacial score (nSPS) is 19.4. The van der Waals surface area contributed by atoms with Gasteiger partial charge >= 0.3 is 0 Å². The Morgan fingerprint density at radius 2 is 1.83 bits per heavy atom. The van der Waals surface area contributed by atoms with Gasteiger partial charge in [0.05, 0.1) is 0 Å². The van der Waals surface area contributed by atoms with E-state index in [2.05, 4.69) is 4.72 Å². The van der Waals surface area contributed by atoms with Gasteiger partial charge in [0.25, 0.3) is 10.2 Å². The Bertz CT molecular complexity index is 348. The van der Waals surface area contributed by atoms with Crippen molar-refractivity contribution in [2.24, 2.45) is 5.41 Å². The second-order valence-corrected chi connectivity index (χ2v) is 7.77. The highest BCUT2D eigenvalue weighted by molar-refractivity contribution is 7.87. The Morgan fingerprint density at radius 1 is 1.28 bits per heavy atom. The van der Waals surface area contributed by atoms with Crippen molar-refractivity contribution in [3.8, 4) is 0 Å². The lowest BCUT2D eigenvalue weighted by Gasteiger charge is -2.31. The lowest BCUT2D eigenvalue weighted by atomic mass is 9.96. The maximum absolute atomic E-state index is 12.1. The molecule has 0 spiro atoms. The lowest BCUT2D eigenvalue weighted by Crippen LogP contribution is -2.47. The van der Waals surface area contributed by atoms with Crippen molar-refractivity contribution in [3.63, 3.8) is 0 Å². The largest absolute Gasteiger partial charge is 0.396 e. The van der Waals surface area contributed by atoms with Crippen LogP contribution in [0.2, 0.25) is 0 Å². The van der Waals surface area contributed by atoms with Gasteiger partial charge in [-0.15, -0.1) is 0 Å². The van der Waals surface area contributed by atoms with Gasteiger partial charge in [-0.05, 0) is 12.8 Å². The van der Waals surface area contributed by atoms with Crippen LogP contribution in [-0.4, -0.2) is 44.1 Å². The van der Waals surface area contributed by atoms with Crippen molar-refractivity contribution in [1.82, 2.24) is 9.03 Å². The third-order valence-electron chi connectivity index (χ3n) is 3.63. The fourth-order valence-electron chi connectivity index (χ4n) is 2.09. The van der Waals surface area contributed by atoms with E-state index in [0.29, 0.717) is 0 Å². The third-order valence-corrected chi connectivity index (χ3v) is 5.19. The Morgan fingerprint density at radius 3 is 2.33 bits per heavy atom. The van der Waals surface area contributed by atoms with Crippen LogP contribution in [0, 0.1) is 5.41 Å². The molecule has 0 radical (unpaired) electrons. The molecular weight excluding hydrogens is 252 g/mol. The first kappa shape index (κ1) is 15.9. The zero-order chi connectivity index (χ0) is 13.8. The molecule has 2 N–H and O–H groups in total. The van der Waals surface area contributed by atoms with Gasteiger partial charge in [-0.3, -0.25) is 0 Å². The summed E-state index contributed by atoms with van der Waals surface area (Å²) in [5, 5.41) is 9.13. The van der Waals surface area contributed by atoms with Gasteiger partial charge in [0.15, 0.2) is 0 Å². The zero-order valence-electron chi connectivity index (χ0n) is 11.6. The molecule has 0 aliphatic heterocycles. The van der Waals surface area contributed by atoms with Crippen LogP contribution in [0.1, 0.15) is 46.0 Å². The Kier molecular flexibility index (Phi) is 5.58. The number of hydrogen-bond donors (Lipinski definition) is 2. The molecule has 0 aromatic carbocycles. The monoisotopic (exact) mass is 278 g/mol. The van der Waals surface area contributed by atoms with E-state index in [0.717, 1.165) is 25.7 Å². The number of nitrogens with one attached hydrogen (secondary N) is 1. The molecule has 6 heteroatoms. The Balaban J connectivity index is 2.56. The predicted octanol–water partition coefficient (Wildman–Crippen LogP) is 1.10. The fourth-order valence-corrected chi connectivity index (χ4v) is 3.47. The van der Waals surface area contributed by atoms with Crippen molar-refractivity contribution in [2.45, 2.75) is 52.0 Å². The van der Waals surface area contributed by atoms with Crippen molar-refractivity contribution < 1.29 is 13.5 Å². The average molecular weight is 278 g/mol. The van der Waals surface area contributed by atoms with Crippen molar-refractivity contribution in [3.05, 3.63) is 0 Å². The van der Waals surface area contributed by atoms with Crippen LogP contribution >= 0.6 is 0 Å². The van der Waals surface area contributed by atoms with Crippen LogP contribution in [-0.2, 0) is 10.2 Å². The number of aliphatic hydroxyl groups excluding tert-OH is 1. The Labute approximate surface area is 111 Å². The SMILES string of the molecule is CN(C1CCCCC1)S(=O)(=O)NCC(C)(C)CO. The predicted molar refractivity (Wildman–Crippen MR) is 72.4 cm³/mol. The van der Waals surface area contributed by atoms with E-state index in [4.69, 9.17) is 5.11 Å². The third kappa shape index (κ3) is 4.50. The number of hydrogen-bond acceptors (Lipinski definition) is 3. The molecule has 0 saturated heterocycles. The molecule has 0 aromatic heterocycles. The van der Waals surface area contributed by atoms with E-state index in [1.165, 1.54) is 10.7 Å². The molecule has 1 rings (SSSR count). The molecule has 0 unspecified atom stereocenters. The van der Waals surface area contributed by atoms with Crippen LogP contribution in [0.15, 0.2) is 0 Å². The number of rotatable bonds is 6. The van der Waals surface area contributed by atoms with Crippen molar-refractivity contribution in [1.29, 1.82) is 0 Å². The summed E-state index contributed by atoms with van der Waals surface area (Å²) in [7, 11) is -1.79. The summed E-state index contributed by atoms with van der Waals surface area (Å²) in [6, 6.07) is 0.119. The number of nitrogens with zero attached hydrogens (tertiary/aromatic N) is 1. The molecule has 0 amide bonds. The smallest absolute Gasteiger partial charge is 0.279 e. The Hall–Kier alpha value is -0.170. The molecule has 5 nitrogen and oxygen atoms in total. The summed E-state index contributed by atoms with van der Waals surface area (Å²) in [6.45, 7) is 3.87. The quantitative estimate of drug-likeness (QED) is 0.764. The second kappa shape index (κ2) is 6.32. The van der Waals surface area contributed by atoms with Gasteiger partial charge < -0.3 is 5.11 Å². The van der Waals surface area contributed by atoms with Crippen LogP contribution in [0.25, 0.3) is 0 Å². The summed E-state index contributed by atoms with van der Waals surface area (Å²) in [4.78, 5) is 0. The summed E-state index contributed by atoms with van der Waals surface area (Å²) in [6.07, 6.45) is 5.30. The highest BCUT2D eigenvalue weighted by Crippen LogP contribution is 2.23. The molecule has 1 saturated carbocycles. The zero-order valence-corrected chi connectivity index (χ0v) is 12.5. The maximum Gasteiger partial charge on any atom is 0.279 e. The molecule has 0 heterocycles. The summed E-state index contributed by atoms with van der Waals surface area (Å²) < 4.78 is 28.3. The molecule has 1 fully saturated rings. The molecule has 1 aliphatic carbocycles. The maximum atomic E-state index is 12.1. The lowest BCUT2D eigenvalue weighted by molar-refractivity contribution is 0.162. The minimum atomic E-state index is -3.43. The van der Waals surface area contributed by atoms with E-state index < -0.39 is 15.6 Å². The van der Waals surface area contributed by atoms with Crippen molar-refractivity contribution in [2.75, 3.05) is 20.2 Å². The van der Waals surface area contributed by atoms with Crippen LogP contribution in [0.5, 0.6) is 0 Å². The fraction of sp³-hybridized carbons (Fsp3) is 1.00. The molecule has 1 aliphatic rings. The molecule has 0 bridgehead atoms. The molecule has 108 valence electrons.